The summed E-state index contributed by atoms with van der Waals surface area (Å²) in [5, 5.41) is 0. The summed E-state index contributed by atoms with van der Waals surface area (Å²) in [7, 11) is -5.56. The number of hydrogen-bond donors (Lipinski definition) is 1. The van der Waals surface area contributed by atoms with Crippen LogP contribution in [0.3, 0.4) is 0 Å². The SMILES string of the molecule is COc1ccc(S(=O)(=O)NCCN(CCC(C)C)S(C)(=O)=O)cc1. The molecule has 0 aliphatic heterocycles. The summed E-state index contributed by atoms with van der Waals surface area (Å²) in [6.45, 7) is 4.50. The van der Waals surface area contributed by atoms with Gasteiger partial charge in [-0.3, -0.25) is 0 Å². The Morgan fingerprint density at radius 2 is 1.67 bits per heavy atom. The van der Waals surface area contributed by atoms with E-state index in [9.17, 15) is 16.8 Å². The summed E-state index contributed by atoms with van der Waals surface area (Å²) in [6, 6.07) is 5.99. The van der Waals surface area contributed by atoms with Gasteiger partial charge in [-0.15, -0.1) is 0 Å². The van der Waals surface area contributed by atoms with Crippen LogP contribution < -0.4 is 9.46 Å². The molecule has 0 atom stereocenters. The van der Waals surface area contributed by atoms with Gasteiger partial charge in [0.2, 0.25) is 20.0 Å². The molecule has 0 heterocycles. The number of ether oxygens (including phenoxy) is 1. The van der Waals surface area contributed by atoms with E-state index in [1.807, 2.05) is 13.8 Å². The first kappa shape index (κ1) is 20.9. The maximum Gasteiger partial charge on any atom is 0.240 e. The molecular weight excluding hydrogens is 352 g/mol. The van der Waals surface area contributed by atoms with Crippen LogP contribution in [0.1, 0.15) is 20.3 Å². The van der Waals surface area contributed by atoms with Crippen molar-refractivity contribution in [1.82, 2.24) is 9.03 Å². The smallest absolute Gasteiger partial charge is 0.240 e. The Balaban J connectivity index is 2.67. The third-order valence-electron chi connectivity index (χ3n) is 3.45. The van der Waals surface area contributed by atoms with Gasteiger partial charge in [-0.2, -0.15) is 0 Å². The molecule has 1 aromatic rings. The van der Waals surface area contributed by atoms with Crippen molar-refractivity contribution in [3.63, 3.8) is 0 Å². The molecule has 0 saturated heterocycles. The molecule has 0 fully saturated rings. The van der Waals surface area contributed by atoms with Crippen molar-refractivity contribution in [2.45, 2.75) is 25.2 Å². The van der Waals surface area contributed by atoms with E-state index in [1.165, 1.54) is 23.5 Å². The Bertz CT molecular complexity index is 713. The monoisotopic (exact) mass is 378 g/mol. The van der Waals surface area contributed by atoms with Crippen LogP contribution in [0.5, 0.6) is 5.75 Å². The normalized spacial score (nSPS) is 12.8. The van der Waals surface area contributed by atoms with Gasteiger partial charge in [-0.05, 0) is 36.6 Å². The van der Waals surface area contributed by atoms with Gasteiger partial charge in [-0.25, -0.2) is 25.9 Å². The molecule has 9 heteroatoms. The van der Waals surface area contributed by atoms with Crippen LogP contribution >= 0.6 is 0 Å². The summed E-state index contributed by atoms with van der Waals surface area (Å²) < 4.78 is 56.7. The van der Waals surface area contributed by atoms with Crippen molar-refractivity contribution in [2.24, 2.45) is 5.92 Å². The van der Waals surface area contributed by atoms with E-state index < -0.39 is 20.0 Å². The third-order valence-corrected chi connectivity index (χ3v) is 6.23. The zero-order valence-electron chi connectivity index (χ0n) is 14.5. The number of nitrogens with one attached hydrogen (secondary N) is 1. The molecule has 1 N–H and O–H groups in total. The lowest BCUT2D eigenvalue weighted by molar-refractivity contribution is 0.385. The molecule has 0 spiro atoms. The van der Waals surface area contributed by atoms with Crippen molar-refractivity contribution in [2.75, 3.05) is 33.0 Å². The predicted molar refractivity (Wildman–Crippen MR) is 94.1 cm³/mol. The molecule has 0 aliphatic rings. The molecule has 1 aromatic carbocycles. The van der Waals surface area contributed by atoms with E-state index in [2.05, 4.69) is 4.72 Å². The van der Waals surface area contributed by atoms with E-state index >= 15 is 0 Å². The lowest BCUT2D eigenvalue weighted by atomic mass is 10.1. The van der Waals surface area contributed by atoms with Gasteiger partial charge in [0.25, 0.3) is 0 Å². The van der Waals surface area contributed by atoms with E-state index in [1.54, 1.807) is 12.1 Å². The summed E-state index contributed by atoms with van der Waals surface area (Å²) >= 11 is 0. The second-order valence-corrected chi connectivity index (χ2v) is 9.67. The Hall–Kier alpha value is -1.16. The first-order chi connectivity index (χ1) is 11.1. The molecular formula is C15H26N2O5S2. The van der Waals surface area contributed by atoms with E-state index in [4.69, 9.17) is 4.74 Å². The standard InChI is InChI=1S/C15H26N2O5S2/c1-13(2)9-11-17(23(4,18)19)12-10-16-24(20,21)15-7-5-14(22-3)6-8-15/h5-8,13,16H,9-12H2,1-4H3. The highest BCUT2D eigenvalue weighted by atomic mass is 32.2. The van der Waals surface area contributed by atoms with Crippen LogP contribution in [0, 0.1) is 5.92 Å². The summed E-state index contributed by atoms with van der Waals surface area (Å²) in [4.78, 5) is 0.108. The van der Waals surface area contributed by atoms with Crippen LogP contribution in [0.4, 0.5) is 0 Å². The van der Waals surface area contributed by atoms with Gasteiger partial charge in [0, 0.05) is 19.6 Å². The lowest BCUT2D eigenvalue weighted by Gasteiger charge is -2.21. The molecule has 0 aromatic heterocycles. The molecule has 0 amide bonds. The highest BCUT2D eigenvalue weighted by Gasteiger charge is 2.19. The Morgan fingerprint density at radius 1 is 1.08 bits per heavy atom. The van der Waals surface area contributed by atoms with Crippen molar-refractivity contribution >= 4 is 20.0 Å². The minimum Gasteiger partial charge on any atom is -0.497 e. The summed E-state index contributed by atoms with van der Waals surface area (Å²) in [6.07, 6.45) is 1.85. The molecule has 0 aliphatic carbocycles. The molecule has 24 heavy (non-hydrogen) atoms. The average molecular weight is 379 g/mol. The fraction of sp³-hybridized carbons (Fsp3) is 0.600. The summed E-state index contributed by atoms with van der Waals surface area (Å²) in [5.74, 6) is 0.927. The zero-order chi connectivity index (χ0) is 18.4. The lowest BCUT2D eigenvalue weighted by Crippen LogP contribution is -2.38. The maximum atomic E-state index is 12.2. The molecule has 0 bridgehead atoms. The van der Waals surface area contributed by atoms with E-state index in [-0.39, 0.29) is 18.0 Å². The zero-order valence-corrected chi connectivity index (χ0v) is 16.2. The second kappa shape index (κ2) is 8.80. The van der Waals surface area contributed by atoms with Crippen LogP contribution in [0.2, 0.25) is 0 Å². The van der Waals surface area contributed by atoms with Crippen LogP contribution in [-0.4, -0.2) is 54.1 Å². The van der Waals surface area contributed by atoms with Crippen LogP contribution in [0.15, 0.2) is 29.2 Å². The third kappa shape index (κ3) is 6.76. The number of rotatable bonds is 10. The molecule has 1 rings (SSSR count). The highest BCUT2D eigenvalue weighted by molar-refractivity contribution is 7.89. The Morgan fingerprint density at radius 3 is 2.12 bits per heavy atom. The van der Waals surface area contributed by atoms with E-state index in [0.717, 1.165) is 12.7 Å². The van der Waals surface area contributed by atoms with E-state index in [0.29, 0.717) is 18.2 Å². The fourth-order valence-corrected chi connectivity index (χ4v) is 3.87. The van der Waals surface area contributed by atoms with Gasteiger partial charge in [0.05, 0.1) is 18.3 Å². The largest absolute Gasteiger partial charge is 0.497 e. The van der Waals surface area contributed by atoms with Crippen molar-refractivity contribution in [3.8, 4) is 5.75 Å². The number of hydrogen-bond acceptors (Lipinski definition) is 5. The molecule has 7 nitrogen and oxygen atoms in total. The van der Waals surface area contributed by atoms with Crippen LogP contribution in [-0.2, 0) is 20.0 Å². The fourth-order valence-electron chi connectivity index (χ4n) is 1.99. The number of benzene rings is 1. The highest BCUT2D eigenvalue weighted by Crippen LogP contribution is 2.15. The molecule has 0 saturated carbocycles. The molecule has 138 valence electrons. The molecule has 0 radical (unpaired) electrons. The van der Waals surface area contributed by atoms with Gasteiger partial charge in [-0.1, -0.05) is 13.8 Å². The summed E-state index contributed by atoms with van der Waals surface area (Å²) in [5.41, 5.74) is 0. The first-order valence-corrected chi connectivity index (χ1v) is 11.0. The van der Waals surface area contributed by atoms with Gasteiger partial charge in [0.1, 0.15) is 5.75 Å². The first-order valence-electron chi connectivity index (χ1n) is 7.65. The average Bonchev–Trinajstić information content (AvgIpc) is 2.49. The number of sulfonamides is 2. The number of nitrogens with zero attached hydrogens (tertiary/aromatic N) is 1. The minimum atomic E-state index is -3.68. The van der Waals surface area contributed by atoms with Gasteiger partial charge in [0.15, 0.2) is 0 Å². The molecule has 0 unspecified atom stereocenters. The minimum absolute atomic E-state index is 0.0134. The second-order valence-electron chi connectivity index (χ2n) is 5.92. The van der Waals surface area contributed by atoms with Crippen LogP contribution in [0.25, 0.3) is 0 Å². The Labute approximate surface area is 145 Å². The van der Waals surface area contributed by atoms with Gasteiger partial charge >= 0.3 is 0 Å². The van der Waals surface area contributed by atoms with Crippen molar-refractivity contribution < 1.29 is 21.6 Å². The predicted octanol–water partition coefficient (Wildman–Crippen LogP) is 1.28. The Kier molecular flexibility index (Phi) is 7.65. The van der Waals surface area contributed by atoms with Gasteiger partial charge < -0.3 is 4.74 Å². The topological polar surface area (TPSA) is 92.8 Å². The van der Waals surface area contributed by atoms with Crippen molar-refractivity contribution in [1.29, 1.82) is 0 Å². The number of methoxy groups -OCH3 is 1. The maximum absolute atomic E-state index is 12.2. The quantitative estimate of drug-likeness (QED) is 0.662. The van der Waals surface area contributed by atoms with Crippen molar-refractivity contribution in [3.05, 3.63) is 24.3 Å².